The molecule has 0 radical (unpaired) electrons. The van der Waals surface area contributed by atoms with E-state index in [1.54, 1.807) is 24.5 Å². The van der Waals surface area contributed by atoms with Crippen molar-refractivity contribution in [3.05, 3.63) is 66.0 Å². The van der Waals surface area contributed by atoms with Crippen LogP contribution < -0.4 is 0 Å². The average molecular weight is 225 g/mol. The highest BCUT2D eigenvalue weighted by atomic mass is 16.1. The molecule has 2 aromatic rings. The van der Waals surface area contributed by atoms with Gasteiger partial charge >= 0.3 is 0 Å². The zero-order valence-corrected chi connectivity index (χ0v) is 9.84. The number of Topliss-reactive ketones (excluding diaryl/α,β-unsaturated/α-hetero) is 1. The smallest absolute Gasteiger partial charge is 0.170 e. The van der Waals surface area contributed by atoms with Crippen LogP contribution in [0, 0.1) is 0 Å². The van der Waals surface area contributed by atoms with E-state index in [0.29, 0.717) is 0 Å². The van der Waals surface area contributed by atoms with E-state index in [1.165, 1.54) is 0 Å². The minimum Gasteiger partial charge on any atom is -0.293 e. The van der Waals surface area contributed by atoms with Gasteiger partial charge in [0.1, 0.15) is 0 Å². The summed E-state index contributed by atoms with van der Waals surface area (Å²) < 4.78 is 0. The van der Waals surface area contributed by atoms with Crippen LogP contribution in [0.5, 0.6) is 0 Å². The fraction of sp³-hybridized carbons (Fsp3) is 0.200. The van der Waals surface area contributed by atoms with Crippen molar-refractivity contribution in [2.75, 3.05) is 0 Å². The van der Waals surface area contributed by atoms with Crippen LogP contribution >= 0.6 is 0 Å². The normalized spacial score (nSPS) is 12.1. The van der Waals surface area contributed by atoms with E-state index in [9.17, 15) is 4.79 Å². The van der Waals surface area contributed by atoms with Crippen molar-refractivity contribution >= 4 is 5.78 Å². The first-order valence-electron chi connectivity index (χ1n) is 5.82. The van der Waals surface area contributed by atoms with Crippen molar-refractivity contribution in [2.45, 2.75) is 19.3 Å². The van der Waals surface area contributed by atoms with E-state index >= 15 is 0 Å². The molecule has 0 saturated heterocycles. The molecule has 17 heavy (non-hydrogen) atoms. The van der Waals surface area contributed by atoms with E-state index in [4.69, 9.17) is 0 Å². The number of carbonyl (C=O) groups excluding carboxylic acids is 1. The Balaban J connectivity index is 2.29. The van der Waals surface area contributed by atoms with Crippen LogP contribution in [0.2, 0.25) is 0 Å². The number of rotatable bonds is 4. The van der Waals surface area contributed by atoms with Gasteiger partial charge in [-0.2, -0.15) is 0 Å². The number of benzene rings is 1. The molecule has 86 valence electrons. The molecule has 1 atom stereocenters. The zero-order valence-electron chi connectivity index (χ0n) is 9.84. The molecule has 1 unspecified atom stereocenters. The van der Waals surface area contributed by atoms with E-state index in [2.05, 4.69) is 4.98 Å². The highest BCUT2D eigenvalue weighted by Gasteiger charge is 2.19. The molecule has 0 aliphatic carbocycles. The molecule has 1 aromatic heterocycles. The van der Waals surface area contributed by atoms with Crippen molar-refractivity contribution in [2.24, 2.45) is 0 Å². The maximum absolute atomic E-state index is 12.3. The van der Waals surface area contributed by atoms with Gasteiger partial charge in [0, 0.05) is 23.9 Å². The summed E-state index contributed by atoms with van der Waals surface area (Å²) >= 11 is 0. The van der Waals surface area contributed by atoms with Crippen molar-refractivity contribution < 1.29 is 4.79 Å². The molecular weight excluding hydrogens is 210 g/mol. The fourth-order valence-corrected chi connectivity index (χ4v) is 1.98. The summed E-state index contributed by atoms with van der Waals surface area (Å²) in [4.78, 5) is 16.3. The molecule has 0 spiro atoms. The topological polar surface area (TPSA) is 30.0 Å². The van der Waals surface area contributed by atoms with E-state index in [1.807, 2.05) is 37.3 Å². The molecule has 0 aliphatic heterocycles. The number of aromatic nitrogens is 1. The summed E-state index contributed by atoms with van der Waals surface area (Å²) in [6.45, 7) is 2.04. The first-order chi connectivity index (χ1) is 8.33. The lowest BCUT2D eigenvalue weighted by molar-refractivity contribution is 0.0957. The summed E-state index contributed by atoms with van der Waals surface area (Å²) in [7, 11) is 0. The summed E-state index contributed by atoms with van der Waals surface area (Å²) in [5, 5.41) is 0. The van der Waals surface area contributed by atoms with Gasteiger partial charge in [0.15, 0.2) is 5.78 Å². The van der Waals surface area contributed by atoms with Crippen LogP contribution in [-0.2, 0) is 0 Å². The van der Waals surface area contributed by atoms with E-state index < -0.39 is 0 Å². The SMILES string of the molecule is CCC(C(=O)c1ccncc1)c1ccccc1. The van der Waals surface area contributed by atoms with Gasteiger partial charge in [0.2, 0.25) is 0 Å². The van der Waals surface area contributed by atoms with Crippen molar-refractivity contribution in [3.63, 3.8) is 0 Å². The van der Waals surface area contributed by atoms with Gasteiger partial charge in [-0.15, -0.1) is 0 Å². The lowest BCUT2D eigenvalue weighted by Gasteiger charge is -2.13. The Bertz CT molecular complexity index is 479. The Morgan fingerprint density at radius 3 is 2.35 bits per heavy atom. The second kappa shape index (κ2) is 5.39. The van der Waals surface area contributed by atoms with Crippen molar-refractivity contribution in [1.29, 1.82) is 0 Å². The Hall–Kier alpha value is -1.96. The molecule has 0 bridgehead atoms. The molecule has 0 N–H and O–H groups in total. The van der Waals surface area contributed by atoms with Gasteiger partial charge < -0.3 is 0 Å². The van der Waals surface area contributed by atoms with Crippen LogP contribution in [0.25, 0.3) is 0 Å². The Kier molecular flexibility index (Phi) is 3.66. The van der Waals surface area contributed by atoms with Crippen molar-refractivity contribution in [3.8, 4) is 0 Å². The van der Waals surface area contributed by atoms with Crippen LogP contribution in [0.1, 0.15) is 35.2 Å². The largest absolute Gasteiger partial charge is 0.293 e. The van der Waals surface area contributed by atoms with E-state index in [0.717, 1.165) is 17.5 Å². The van der Waals surface area contributed by atoms with Gasteiger partial charge in [-0.3, -0.25) is 9.78 Å². The molecule has 2 rings (SSSR count). The second-order valence-corrected chi connectivity index (χ2v) is 3.97. The third kappa shape index (κ3) is 2.59. The lowest BCUT2D eigenvalue weighted by atomic mass is 9.89. The average Bonchev–Trinajstić information content (AvgIpc) is 2.42. The molecule has 2 nitrogen and oxygen atoms in total. The van der Waals surface area contributed by atoms with Gasteiger partial charge in [-0.1, -0.05) is 37.3 Å². The molecular formula is C15H15NO. The minimum absolute atomic E-state index is 0.0569. The predicted octanol–water partition coefficient (Wildman–Crippen LogP) is 3.46. The first-order valence-corrected chi connectivity index (χ1v) is 5.82. The number of ketones is 1. The summed E-state index contributed by atoms with van der Waals surface area (Å²) in [5.74, 6) is 0.111. The van der Waals surface area contributed by atoms with Crippen molar-refractivity contribution in [1.82, 2.24) is 4.98 Å². The Labute approximate surface area is 101 Å². The number of pyridine rings is 1. The standard InChI is InChI=1S/C15H15NO/c1-2-14(12-6-4-3-5-7-12)15(17)13-8-10-16-11-9-13/h3-11,14H,2H2,1H3. The summed E-state index contributed by atoms with van der Waals surface area (Å²) in [6.07, 6.45) is 4.13. The predicted molar refractivity (Wildman–Crippen MR) is 68.0 cm³/mol. The Morgan fingerprint density at radius 2 is 1.76 bits per heavy atom. The number of nitrogens with zero attached hydrogens (tertiary/aromatic N) is 1. The van der Waals surface area contributed by atoms with Gasteiger partial charge in [-0.25, -0.2) is 0 Å². The summed E-state index contributed by atoms with van der Waals surface area (Å²) in [5.41, 5.74) is 1.81. The van der Waals surface area contributed by atoms with Crippen LogP contribution in [0.4, 0.5) is 0 Å². The number of carbonyl (C=O) groups is 1. The maximum Gasteiger partial charge on any atom is 0.170 e. The molecule has 1 heterocycles. The molecule has 0 aliphatic rings. The highest BCUT2D eigenvalue weighted by molar-refractivity contribution is 6.00. The van der Waals surface area contributed by atoms with Gasteiger partial charge in [-0.05, 0) is 24.1 Å². The fourth-order valence-electron chi connectivity index (χ4n) is 1.98. The lowest BCUT2D eigenvalue weighted by Crippen LogP contribution is -2.12. The highest BCUT2D eigenvalue weighted by Crippen LogP contribution is 2.23. The first kappa shape index (κ1) is 11.5. The van der Waals surface area contributed by atoms with E-state index in [-0.39, 0.29) is 11.7 Å². The quantitative estimate of drug-likeness (QED) is 0.746. The Morgan fingerprint density at radius 1 is 1.12 bits per heavy atom. The summed E-state index contributed by atoms with van der Waals surface area (Å²) in [6, 6.07) is 13.5. The number of hydrogen-bond donors (Lipinski definition) is 0. The van der Waals surface area contributed by atoms with Gasteiger partial charge in [0.25, 0.3) is 0 Å². The number of hydrogen-bond acceptors (Lipinski definition) is 2. The second-order valence-electron chi connectivity index (χ2n) is 3.97. The van der Waals surface area contributed by atoms with Crippen LogP contribution in [-0.4, -0.2) is 10.8 Å². The molecule has 0 amide bonds. The molecule has 1 aromatic carbocycles. The zero-order chi connectivity index (χ0) is 12.1. The van der Waals surface area contributed by atoms with Crippen LogP contribution in [0.3, 0.4) is 0 Å². The third-order valence-electron chi connectivity index (χ3n) is 2.89. The third-order valence-corrected chi connectivity index (χ3v) is 2.89. The van der Waals surface area contributed by atoms with Crippen LogP contribution in [0.15, 0.2) is 54.9 Å². The monoisotopic (exact) mass is 225 g/mol. The molecule has 0 fully saturated rings. The van der Waals surface area contributed by atoms with Gasteiger partial charge in [0.05, 0.1) is 0 Å². The molecule has 0 saturated carbocycles. The maximum atomic E-state index is 12.3. The molecule has 2 heteroatoms. The minimum atomic E-state index is -0.0569.